The van der Waals surface area contributed by atoms with Crippen molar-refractivity contribution in [1.82, 2.24) is 9.80 Å². The summed E-state index contributed by atoms with van der Waals surface area (Å²) in [4.78, 5) is 15.1. The molecule has 1 aromatic carbocycles. The number of ether oxygens (including phenoxy) is 1. The number of hydrogen-bond acceptors (Lipinski definition) is 3. The molecular weight excluding hydrogens is 244 g/mol. The van der Waals surface area contributed by atoms with E-state index >= 15 is 0 Å². The maximum atomic E-state index is 11.8. The number of rotatable bonds is 5. The summed E-state index contributed by atoms with van der Waals surface area (Å²) in [6.45, 7) is 4.12. The van der Waals surface area contributed by atoms with E-state index in [0.717, 1.165) is 5.56 Å². The third-order valence-corrected chi connectivity index (χ3v) is 3.27. The van der Waals surface area contributed by atoms with Crippen molar-refractivity contribution in [2.24, 2.45) is 0 Å². The van der Waals surface area contributed by atoms with Crippen molar-refractivity contribution in [1.29, 1.82) is 0 Å². The van der Waals surface area contributed by atoms with Crippen LogP contribution in [0.3, 0.4) is 0 Å². The lowest BCUT2D eigenvalue weighted by Crippen LogP contribution is -2.33. The molecule has 19 heavy (non-hydrogen) atoms. The van der Waals surface area contributed by atoms with Gasteiger partial charge in [0.05, 0.1) is 13.2 Å². The molecule has 0 saturated carbocycles. The first-order valence-electron chi connectivity index (χ1n) is 6.53. The zero-order valence-electron chi connectivity index (χ0n) is 11.4. The van der Waals surface area contributed by atoms with Crippen LogP contribution in [0, 0.1) is 0 Å². The van der Waals surface area contributed by atoms with Gasteiger partial charge in [-0.15, -0.1) is 0 Å². The largest absolute Gasteiger partial charge is 0.493 e. The number of benzene rings is 1. The summed E-state index contributed by atoms with van der Waals surface area (Å²) >= 11 is 0. The summed E-state index contributed by atoms with van der Waals surface area (Å²) in [5, 5.41) is 10.3. The number of hydrogen-bond donors (Lipinski definition) is 1. The second kappa shape index (κ2) is 5.93. The monoisotopic (exact) mass is 264 g/mol. The van der Waals surface area contributed by atoms with Gasteiger partial charge in [-0.3, -0.25) is 0 Å². The molecule has 0 aliphatic carbocycles. The van der Waals surface area contributed by atoms with Gasteiger partial charge in [0.25, 0.3) is 0 Å². The van der Waals surface area contributed by atoms with Gasteiger partial charge in [0.1, 0.15) is 11.9 Å². The van der Waals surface area contributed by atoms with Crippen LogP contribution in [-0.2, 0) is 0 Å². The topological polar surface area (TPSA) is 53.0 Å². The van der Waals surface area contributed by atoms with E-state index in [9.17, 15) is 9.90 Å². The zero-order chi connectivity index (χ0) is 13.8. The highest BCUT2D eigenvalue weighted by Crippen LogP contribution is 2.26. The van der Waals surface area contributed by atoms with Gasteiger partial charge in [-0.1, -0.05) is 18.2 Å². The summed E-state index contributed by atoms with van der Waals surface area (Å²) in [6, 6.07) is 7.36. The highest BCUT2D eigenvalue weighted by Gasteiger charge is 2.28. The van der Waals surface area contributed by atoms with E-state index in [2.05, 4.69) is 0 Å². The lowest BCUT2D eigenvalue weighted by atomic mass is 10.1. The molecule has 1 aliphatic rings. The van der Waals surface area contributed by atoms with Crippen molar-refractivity contribution < 1.29 is 14.6 Å². The summed E-state index contributed by atoms with van der Waals surface area (Å²) in [5.41, 5.74) is 0.728. The minimum atomic E-state index is -0.724. The summed E-state index contributed by atoms with van der Waals surface area (Å²) in [6.07, 6.45) is -0.724. The van der Waals surface area contributed by atoms with E-state index in [-0.39, 0.29) is 6.03 Å². The Labute approximate surface area is 113 Å². The molecule has 1 aliphatic heterocycles. The number of amides is 2. The first-order valence-corrected chi connectivity index (χ1v) is 6.53. The van der Waals surface area contributed by atoms with Crippen molar-refractivity contribution in [2.45, 2.75) is 13.0 Å². The molecule has 5 heteroatoms. The Balaban J connectivity index is 2.07. The van der Waals surface area contributed by atoms with E-state index in [0.29, 0.717) is 32.0 Å². The van der Waals surface area contributed by atoms with E-state index in [1.54, 1.807) is 16.8 Å². The van der Waals surface area contributed by atoms with Gasteiger partial charge < -0.3 is 19.6 Å². The molecule has 1 heterocycles. The van der Waals surface area contributed by atoms with Crippen LogP contribution in [0.2, 0.25) is 0 Å². The third-order valence-electron chi connectivity index (χ3n) is 3.27. The quantitative estimate of drug-likeness (QED) is 0.876. The molecular formula is C14H20N2O3. The molecule has 1 aromatic rings. The molecule has 5 nitrogen and oxygen atoms in total. The average Bonchev–Trinajstić information content (AvgIpc) is 2.72. The second-order valence-corrected chi connectivity index (χ2v) is 4.64. The average molecular weight is 264 g/mol. The lowest BCUT2D eigenvalue weighted by Gasteiger charge is -2.21. The van der Waals surface area contributed by atoms with Crippen LogP contribution in [0.5, 0.6) is 5.75 Å². The first kappa shape index (κ1) is 13.7. The van der Waals surface area contributed by atoms with Gasteiger partial charge in [-0.25, -0.2) is 4.79 Å². The van der Waals surface area contributed by atoms with Crippen LogP contribution < -0.4 is 4.74 Å². The smallest absolute Gasteiger partial charge is 0.319 e. The van der Waals surface area contributed by atoms with Crippen molar-refractivity contribution in [2.75, 3.05) is 33.3 Å². The van der Waals surface area contributed by atoms with Crippen molar-refractivity contribution in [3.05, 3.63) is 29.8 Å². The van der Waals surface area contributed by atoms with Gasteiger partial charge in [-0.2, -0.15) is 0 Å². The fraction of sp³-hybridized carbons (Fsp3) is 0.500. The Hall–Kier alpha value is -1.75. The van der Waals surface area contributed by atoms with Crippen LogP contribution in [0.1, 0.15) is 18.6 Å². The number of carbonyl (C=O) groups is 1. The number of nitrogens with zero attached hydrogens (tertiary/aromatic N) is 2. The molecule has 0 bridgehead atoms. The molecule has 2 amide bonds. The van der Waals surface area contributed by atoms with Gasteiger partial charge in [0.15, 0.2) is 0 Å². The summed E-state index contributed by atoms with van der Waals surface area (Å²) < 4.78 is 5.50. The van der Waals surface area contributed by atoms with Crippen LogP contribution >= 0.6 is 0 Å². The van der Waals surface area contributed by atoms with Gasteiger partial charge in [0, 0.05) is 25.7 Å². The minimum Gasteiger partial charge on any atom is -0.493 e. The van der Waals surface area contributed by atoms with Gasteiger partial charge in [0.2, 0.25) is 0 Å². The number of urea groups is 1. The Morgan fingerprint density at radius 2 is 2.11 bits per heavy atom. The lowest BCUT2D eigenvalue weighted by molar-refractivity contribution is 0.126. The fourth-order valence-electron chi connectivity index (χ4n) is 2.22. The van der Waals surface area contributed by atoms with Gasteiger partial charge in [-0.05, 0) is 13.0 Å². The zero-order valence-corrected chi connectivity index (χ0v) is 11.4. The number of para-hydroxylation sites is 1. The Bertz CT molecular complexity index is 450. The molecule has 0 aromatic heterocycles. The van der Waals surface area contributed by atoms with Crippen molar-refractivity contribution >= 4 is 6.03 Å². The molecule has 1 saturated heterocycles. The Kier molecular flexibility index (Phi) is 4.27. The molecule has 0 radical (unpaired) electrons. The van der Waals surface area contributed by atoms with E-state index in [1.807, 2.05) is 31.2 Å². The molecule has 1 N–H and O–H groups in total. The number of aliphatic hydroxyl groups is 1. The number of carbonyl (C=O) groups excluding carboxylic acids is 1. The summed E-state index contributed by atoms with van der Waals surface area (Å²) in [7, 11) is 1.77. The third kappa shape index (κ3) is 2.98. The predicted molar refractivity (Wildman–Crippen MR) is 72.2 cm³/mol. The SMILES string of the molecule is CCOc1ccccc1C(O)CN1CCN(C)C1=O. The number of β-amino-alcohol motifs (C(OH)–C–C–N with tert-alkyl or cyclic N) is 1. The van der Waals surface area contributed by atoms with E-state index < -0.39 is 6.10 Å². The van der Waals surface area contributed by atoms with E-state index in [4.69, 9.17) is 4.74 Å². The Morgan fingerprint density at radius 1 is 1.37 bits per heavy atom. The van der Waals surface area contributed by atoms with Crippen LogP contribution in [-0.4, -0.2) is 54.2 Å². The highest BCUT2D eigenvalue weighted by molar-refractivity contribution is 5.76. The second-order valence-electron chi connectivity index (χ2n) is 4.64. The number of likely N-dealkylation sites (N-methyl/N-ethyl adjacent to an activating group) is 1. The Morgan fingerprint density at radius 3 is 2.74 bits per heavy atom. The van der Waals surface area contributed by atoms with Crippen molar-refractivity contribution in [3.63, 3.8) is 0 Å². The number of aliphatic hydroxyl groups excluding tert-OH is 1. The molecule has 0 spiro atoms. The van der Waals surface area contributed by atoms with E-state index in [1.165, 1.54) is 0 Å². The van der Waals surface area contributed by atoms with Crippen LogP contribution in [0.15, 0.2) is 24.3 Å². The first-order chi connectivity index (χ1) is 9.13. The predicted octanol–water partition coefficient (Wildman–Crippen LogP) is 1.49. The molecule has 1 fully saturated rings. The minimum absolute atomic E-state index is 0.0343. The standard InChI is InChI=1S/C14H20N2O3/c1-3-19-13-7-5-4-6-11(13)12(17)10-16-9-8-15(2)14(16)18/h4-7,12,17H,3,8-10H2,1-2H3. The molecule has 1 unspecified atom stereocenters. The maximum Gasteiger partial charge on any atom is 0.319 e. The van der Waals surface area contributed by atoms with Crippen molar-refractivity contribution in [3.8, 4) is 5.75 Å². The van der Waals surface area contributed by atoms with Crippen LogP contribution in [0.25, 0.3) is 0 Å². The normalized spacial score (nSPS) is 16.9. The van der Waals surface area contributed by atoms with Crippen LogP contribution in [0.4, 0.5) is 4.79 Å². The molecule has 104 valence electrons. The molecule has 1 atom stereocenters. The summed E-state index contributed by atoms with van der Waals surface area (Å²) in [5.74, 6) is 0.678. The maximum absolute atomic E-state index is 11.8. The highest BCUT2D eigenvalue weighted by atomic mass is 16.5. The fourth-order valence-corrected chi connectivity index (χ4v) is 2.22. The molecule has 2 rings (SSSR count). The van der Waals surface area contributed by atoms with Gasteiger partial charge >= 0.3 is 6.03 Å².